The zero-order valence-corrected chi connectivity index (χ0v) is 20.0. The number of benzene rings is 1. The topological polar surface area (TPSA) is 81.6 Å². The van der Waals surface area contributed by atoms with E-state index in [0.29, 0.717) is 44.7 Å². The fraction of sp³-hybridized carbons (Fsp3) is 0.542. The van der Waals surface area contributed by atoms with Crippen LogP contribution in [-0.2, 0) is 4.79 Å². The molecule has 1 aromatic heterocycles. The summed E-state index contributed by atoms with van der Waals surface area (Å²) in [5, 5.41) is 13.6. The van der Waals surface area contributed by atoms with Crippen molar-refractivity contribution in [1.82, 2.24) is 20.2 Å². The van der Waals surface area contributed by atoms with Crippen molar-refractivity contribution in [3.8, 4) is 0 Å². The van der Waals surface area contributed by atoms with Crippen molar-refractivity contribution < 1.29 is 14.3 Å². The Balaban J connectivity index is 1.49. The largest absolute Gasteiger partial charge is 0.387 e. The minimum atomic E-state index is -0.548. The van der Waals surface area contributed by atoms with Crippen LogP contribution in [0.1, 0.15) is 62.0 Å². The molecule has 1 unspecified atom stereocenters. The minimum absolute atomic E-state index is 0.0266. The van der Waals surface area contributed by atoms with Crippen LogP contribution in [0.2, 0.25) is 5.02 Å². The summed E-state index contributed by atoms with van der Waals surface area (Å²) in [5.74, 6) is 0.00627. The number of hydrogen-bond acceptors (Lipinski definition) is 6. The van der Waals surface area contributed by atoms with Crippen LogP contribution in [0.15, 0.2) is 24.5 Å². The van der Waals surface area contributed by atoms with Gasteiger partial charge in [-0.25, -0.2) is 14.4 Å². The van der Waals surface area contributed by atoms with Gasteiger partial charge in [-0.3, -0.25) is 4.79 Å². The van der Waals surface area contributed by atoms with Crippen molar-refractivity contribution in [2.75, 3.05) is 37.6 Å². The summed E-state index contributed by atoms with van der Waals surface area (Å²) < 4.78 is 14.1. The molecule has 2 aromatic rings. The Hall–Kier alpha value is -2.29. The number of aliphatic hydroxyl groups is 1. The Labute approximate surface area is 199 Å². The monoisotopic (exact) mass is 475 g/mol. The smallest absolute Gasteiger partial charge is 0.231 e. The standard InChI is InChI=1S/C24H31ClFN5O2/c1-14(2)27-12-17(16-4-5-18(25)19(26)11-16)24(33)31-8-6-30(7-9-31)23-21-15(3)10-20(32)22(21)28-13-29-23/h4-5,11,13-15,17,20,27,32H,6-10,12H2,1-3H3/t15-,17?,20+/m1/s1. The van der Waals surface area contributed by atoms with Gasteiger partial charge in [0, 0.05) is 44.3 Å². The third-order valence-corrected chi connectivity index (χ3v) is 6.85. The molecule has 178 valence electrons. The first kappa shape index (κ1) is 23.9. The molecule has 1 amide bonds. The van der Waals surface area contributed by atoms with E-state index >= 15 is 0 Å². The molecule has 2 aliphatic rings. The number of anilines is 1. The predicted octanol–water partition coefficient (Wildman–Crippen LogP) is 3.24. The molecule has 1 saturated heterocycles. The number of nitrogens with one attached hydrogen (secondary N) is 1. The zero-order chi connectivity index (χ0) is 23.7. The molecule has 2 heterocycles. The first-order chi connectivity index (χ1) is 15.8. The fourth-order valence-corrected chi connectivity index (χ4v) is 4.86. The van der Waals surface area contributed by atoms with Gasteiger partial charge in [-0.1, -0.05) is 38.4 Å². The van der Waals surface area contributed by atoms with Gasteiger partial charge in [0.2, 0.25) is 5.91 Å². The second-order valence-electron chi connectivity index (χ2n) is 9.25. The molecular formula is C24H31ClFN5O2. The molecule has 1 aliphatic heterocycles. The van der Waals surface area contributed by atoms with Gasteiger partial charge in [0.25, 0.3) is 0 Å². The molecule has 1 fully saturated rings. The maximum atomic E-state index is 14.1. The van der Waals surface area contributed by atoms with Crippen LogP contribution in [-0.4, -0.2) is 64.6 Å². The molecule has 1 aliphatic carbocycles. The number of nitrogens with zero attached hydrogens (tertiary/aromatic N) is 4. The van der Waals surface area contributed by atoms with Crippen LogP contribution in [0, 0.1) is 5.82 Å². The van der Waals surface area contributed by atoms with Gasteiger partial charge in [0.15, 0.2) is 0 Å². The van der Waals surface area contributed by atoms with Crippen molar-refractivity contribution in [2.24, 2.45) is 0 Å². The average molecular weight is 476 g/mol. The number of hydrogen-bond donors (Lipinski definition) is 2. The quantitative estimate of drug-likeness (QED) is 0.667. The summed E-state index contributed by atoms with van der Waals surface area (Å²) in [6.45, 7) is 8.90. The summed E-state index contributed by atoms with van der Waals surface area (Å²) in [6.07, 6.45) is 1.62. The van der Waals surface area contributed by atoms with Gasteiger partial charge in [-0.2, -0.15) is 0 Å². The number of piperazine rings is 1. The van der Waals surface area contributed by atoms with Gasteiger partial charge >= 0.3 is 0 Å². The maximum absolute atomic E-state index is 14.1. The Bertz CT molecular complexity index is 1010. The maximum Gasteiger partial charge on any atom is 0.231 e. The van der Waals surface area contributed by atoms with E-state index in [0.717, 1.165) is 17.1 Å². The Kier molecular flexibility index (Phi) is 7.16. The van der Waals surface area contributed by atoms with E-state index in [1.807, 2.05) is 18.7 Å². The second kappa shape index (κ2) is 9.91. The molecule has 0 bridgehead atoms. The molecule has 4 rings (SSSR count). The summed E-state index contributed by atoms with van der Waals surface area (Å²) >= 11 is 5.86. The van der Waals surface area contributed by atoms with Gasteiger partial charge in [-0.15, -0.1) is 0 Å². The number of aromatic nitrogens is 2. The number of aliphatic hydroxyl groups excluding tert-OH is 1. The predicted molar refractivity (Wildman–Crippen MR) is 126 cm³/mol. The molecular weight excluding hydrogens is 445 g/mol. The van der Waals surface area contributed by atoms with Crippen molar-refractivity contribution in [2.45, 2.75) is 51.2 Å². The summed E-state index contributed by atoms with van der Waals surface area (Å²) in [5.41, 5.74) is 2.35. The molecule has 33 heavy (non-hydrogen) atoms. The number of halogens is 2. The number of rotatable bonds is 6. The lowest BCUT2D eigenvalue weighted by Crippen LogP contribution is -2.51. The van der Waals surface area contributed by atoms with Crippen LogP contribution >= 0.6 is 11.6 Å². The summed E-state index contributed by atoms with van der Waals surface area (Å²) in [4.78, 5) is 26.3. The second-order valence-corrected chi connectivity index (χ2v) is 9.66. The van der Waals surface area contributed by atoms with Gasteiger partial charge < -0.3 is 20.2 Å². The van der Waals surface area contributed by atoms with Crippen molar-refractivity contribution >= 4 is 23.3 Å². The highest BCUT2D eigenvalue weighted by Crippen LogP contribution is 2.42. The SMILES string of the molecule is CC(C)NCC(C(=O)N1CCN(c2ncnc3c2[C@H](C)C[C@@H]3O)CC1)c1ccc(Cl)c(F)c1. The van der Waals surface area contributed by atoms with Crippen LogP contribution in [0.4, 0.5) is 10.2 Å². The van der Waals surface area contributed by atoms with Crippen LogP contribution in [0.25, 0.3) is 0 Å². The highest BCUT2D eigenvalue weighted by Gasteiger charge is 2.35. The molecule has 0 saturated carbocycles. The Morgan fingerprint density at radius 3 is 2.67 bits per heavy atom. The third-order valence-electron chi connectivity index (χ3n) is 6.54. The average Bonchev–Trinajstić information content (AvgIpc) is 3.09. The first-order valence-electron chi connectivity index (χ1n) is 11.5. The van der Waals surface area contributed by atoms with E-state index in [1.165, 1.54) is 18.5 Å². The lowest BCUT2D eigenvalue weighted by atomic mass is 9.96. The Morgan fingerprint density at radius 1 is 1.27 bits per heavy atom. The van der Waals surface area contributed by atoms with Gasteiger partial charge in [0.05, 0.1) is 22.7 Å². The van der Waals surface area contributed by atoms with Crippen LogP contribution in [0.5, 0.6) is 0 Å². The Morgan fingerprint density at radius 2 is 2.00 bits per heavy atom. The molecule has 2 N–H and O–H groups in total. The number of carbonyl (C=O) groups excluding carboxylic acids is 1. The van der Waals surface area contributed by atoms with E-state index in [9.17, 15) is 14.3 Å². The number of fused-ring (bicyclic) bond motifs is 1. The molecule has 9 heteroatoms. The van der Waals surface area contributed by atoms with Gasteiger partial charge in [0.1, 0.15) is 18.0 Å². The molecule has 7 nitrogen and oxygen atoms in total. The van der Waals surface area contributed by atoms with Crippen LogP contribution in [0.3, 0.4) is 0 Å². The van der Waals surface area contributed by atoms with Crippen molar-refractivity contribution in [3.63, 3.8) is 0 Å². The molecule has 0 spiro atoms. The van der Waals surface area contributed by atoms with E-state index in [-0.39, 0.29) is 22.9 Å². The summed E-state index contributed by atoms with van der Waals surface area (Å²) in [6, 6.07) is 4.79. The molecule has 0 radical (unpaired) electrons. The summed E-state index contributed by atoms with van der Waals surface area (Å²) in [7, 11) is 0. The highest BCUT2D eigenvalue weighted by atomic mass is 35.5. The van der Waals surface area contributed by atoms with E-state index in [2.05, 4.69) is 27.1 Å². The first-order valence-corrected chi connectivity index (χ1v) is 11.9. The third kappa shape index (κ3) is 4.98. The molecule has 3 atom stereocenters. The fourth-order valence-electron chi connectivity index (χ4n) is 4.74. The number of carbonyl (C=O) groups is 1. The van der Waals surface area contributed by atoms with E-state index < -0.39 is 17.8 Å². The van der Waals surface area contributed by atoms with E-state index in [4.69, 9.17) is 11.6 Å². The van der Waals surface area contributed by atoms with Gasteiger partial charge in [-0.05, 0) is 30.0 Å². The van der Waals surface area contributed by atoms with Crippen molar-refractivity contribution in [3.05, 3.63) is 52.2 Å². The minimum Gasteiger partial charge on any atom is -0.387 e. The lowest BCUT2D eigenvalue weighted by Gasteiger charge is -2.38. The number of amides is 1. The van der Waals surface area contributed by atoms with E-state index in [1.54, 1.807) is 6.07 Å². The lowest BCUT2D eigenvalue weighted by molar-refractivity contribution is -0.133. The highest BCUT2D eigenvalue weighted by molar-refractivity contribution is 6.30. The van der Waals surface area contributed by atoms with Crippen LogP contribution < -0.4 is 10.2 Å². The normalized spacial score (nSPS) is 21.4. The van der Waals surface area contributed by atoms with Crippen molar-refractivity contribution in [1.29, 1.82) is 0 Å². The molecule has 1 aromatic carbocycles. The zero-order valence-electron chi connectivity index (χ0n) is 19.3.